The number of thioether (sulfide) groups is 1. The van der Waals surface area contributed by atoms with Crippen LogP contribution in [0.5, 0.6) is 0 Å². The van der Waals surface area contributed by atoms with Gasteiger partial charge in [-0.3, -0.25) is 4.79 Å². The lowest BCUT2D eigenvalue weighted by atomic mass is 10.0. The lowest BCUT2D eigenvalue weighted by Gasteiger charge is -2.16. The number of hydrogen-bond donors (Lipinski definition) is 0. The molecular weight excluding hydrogens is 218 g/mol. The maximum atomic E-state index is 12.3. The van der Waals surface area contributed by atoms with Gasteiger partial charge in [-0.15, -0.1) is 11.8 Å². The molecule has 3 rings (SSSR count). The molecule has 84 valence electrons. The van der Waals surface area contributed by atoms with E-state index < -0.39 is 0 Å². The van der Waals surface area contributed by atoms with E-state index in [4.69, 9.17) is 0 Å². The summed E-state index contributed by atoms with van der Waals surface area (Å²) in [6.07, 6.45) is 5.47. The highest BCUT2D eigenvalue weighted by Gasteiger charge is 2.38. The quantitative estimate of drug-likeness (QED) is 0.743. The molecular formula is C13H15NOS. The van der Waals surface area contributed by atoms with Crippen molar-refractivity contribution in [2.45, 2.75) is 24.5 Å². The summed E-state index contributed by atoms with van der Waals surface area (Å²) in [4.78, 5) is 14.3. The van der Waals surface area contributed by atoms with E-state index in [2.05, 4.69) is 18.2 Å². The number of rotatable bonds is 1. The number of aryl methyl sites for hydroxylation is 1. The number of carbonyl (C=O) groups is 1. The average molecular weight is 233 g/mol. The lowest BCUT2D eigenvalue weighted by molar-refractivity contribution is -0.117. The highest BCUT2D eigenvalue weighted by molar-refractivity contribution is 7.99. The van der Waals surface area contributed by atoms with E-state index in [0.717, 1.165) is 19.4 Å². The first-order chi connectivity index (χ1) is 7.83. The summed E-state index contributed by atoms with van der Waals surface area (Å²) < 4.78 is 0. The molecule has 0 fully saturated rings. The molecule has 0 saturated heterocycles. The minimum Gasteiger partial charge on any atom is -0.311 e. The third kappa shape index (κ3) is 1.31. The number of benzene rings is 1. The van der Waals surface area contributed by atoms with Crippen LogP contribution >= 0.6 is 11.8 Å². The summed E-state index contributed by atoms with van der Waals surface area (Å²) in [5.41, 5.74) is 3.82. The van der Waals surface area contributed by atoms with E-state index in [9.17, 15) is 4.79 Å². The smallest absolute Gasteiger partial charge is 0.244 e. The molecule has 1 unspecified atom stereocenters. The number of nitrogens with zero attached hydrogens (tertiary/aromatic N) is 1. The van der Waals surface area contributed by atoms with Gasteiger partial charge in [-0.2, -0.15) is 0 Å². The van der Waals surface area contributed by atoms with Crippen molar-refractivity contribution in [2.24, 2.45) is 0 Å². The maximum absolute atomic E-state index is 12.3. The van der Waals surface area contributed by atoms with Crippen LogP contribution in [-0.4, -0.2) is 18.7 Å². The molecule has 1 atom stereocenters. The standard InChI is InChI=1S/C13H15NOS/c1-16-12-10-7-4-6-9-5-2-3-8-14(11(9)10)13(12)15/h4,6-7,12H,2-3,5,8H2,1H3. The minimum atomic E-state index is 0.0352. The second kappa shape index (κ2) is 3.81. The summed E-state index contributed by atoms with van der Waals surface area (Å²) in [6.45, 7) is 0.903. The van der Waals surface area contributed by atoms with Crippen molar-refractivity contribution in [3.8, 4) is 0 Å². The van der Waals surface area contributed by atoms with Crippen LogP contribution in [0.25, 0.3) is 0 Å². The number of para-hydroxylation sites is 1. The summed E-state index contributed by atoms with van der Waals surface area (Å²) in [6, 6.07) is 6.38. The first-order valence-corrected chi connectivity index (χ1v) is 7.07. The molecule has 0 N–H and O–H groups in total. The highest BCUT2D eigenvalue weighted by Crippen LogP contribution is 2.45. The highest BCUT2D eigenvalue weighted by atomic mass is 32.2. The molecule has 16 heavy (non-hydrogen) atoms. The molecule has 0 radical (unpaired) electrons. The van der Waals surface area contributed by atoms with Crippen LogP contribution in [-0.2, 0) is 11.2 Å². The van der Waals surface area contributed by atoms with Crippen LogP contribution in [0.1, 0.15) is 29.2 Å². The van der Waals surface area contributed by atoms with Crippen molar-refractivity contribution in [1.82, 2.24) is 0 Å². The van der Waals surface area contributed by atoms with Gasteiger partial charge in [0.1, 0.15) is 5.25 Å². The summed E-state index contributed by atoms with van der Waals surface area (Å²) in [7, 11) is 0. The van der Waals surface area contributed by atoms with Gasteiger partial charge in [0.05, 0.1) is 5.69 Å². The lowest BCUT2D eigenvalue weighted by Crippen LogP contribution is -2.28. The largest absolute Gasteiger partial charge is 0.311 e. The van der Waals surface area contributed by atoms with Crippen molar-refractivity contribution < 1.29 is 4.79 Å². The van der Waals surface area contributed by atoms with Gasteiger partial charge >= 0.3 is 0 Å². The van der Waals surface area contributed by atoms with Gasteiger partial charge in [0, 0.05) is 6.54 Å². The van der Waals surface area contributed by atoms with Gasteiger partial charge in [-0.25, -0.2) is 0 Å². The molecule has 2 aliphatic heterocycles. The molecule has 1 aromatic rings. The minimum absolute atomic E-state index is 0.0352. The summed E-state index contributed by atoms with van der Waals surface area (Å²) in [5.74, 6) is 0.289. The monoisotopic (exact) mass is 233 g/mol. The Hall–Kier alpha value is -0.960. The van der Waals surface area contributed by atoms with Crippen LogP contribution in [0.3, 0.4) is 0 Å². The van der Waals surface area contributed by atoms with Gasteiger partial charge < -0.3 is 4.90 Å². The van der Waals surface area contributed by atoms with E-state index in [1.165, 1.54) is 23.2 Å². The van der Waals surface area contributed by atoms with Gasteiger partial charge in [-0.1, -0.05) is 18.2 Å². The van der Waals surface area contributed by atoms with Crippen molar-refractivity contribution in [1.29, 1.82) is 0 Å². The summed E-state index contributed by atoms with van der Waals surface area (Å²) in [5, 5.41) is 0.0352. The molecule has 2 heterocycles. The molecule has 1 aromatic carbocycles. The molecule has 0 aromatic heterocycles. The SMILES string of the molecule is CSC1C(=O)N2CCCCc3cccc1c32. The predicted octanol–water partition coefficient (Wildman–Crippen LogP) is 2.77. The molecule has 0 spiro atoms. The number of hydrogen-bond acceptors (Lipinski definition) is 2. The van der Waals surface area contributed by atoms with Crippen LogP contribution in [0, 0.1) is 0 Å². The molecule has 1 amide bonds. The Balaban J connectivity index is 2.19. The number of amides is 1. The normalized spacial score (nSPS) is 23.2. The zero-order valence-electron chi connectivity index (χ0n) is 9.40. The fraction of sp³-hybridized carbons (Fsp3) is 0.462. The van der Waals surface area contributed by atoms with E-state index in [-0.39, 0.29) is 11.2 Å². The molecule has 0 bridgehead atoms. The van der Waals surface area contributed by atoms with Crippen LogP contribution in [0.15, 0.2) is 18.2 Å². The Morgan fingerprint density at radius 3 is 3.06 bits per heavy atom. The van der Waals surface area contributed by atoms with E-state index >= 15 is 0 Å². The predicted molar refractivity (Wildman–Crippen MR) is 68.0 cm³/mol. The Morgan fingerprint density at radius 1 is 1.38 bits per heavy atom. The van der Waals surface area contributed by atoms with Crippen LogP contribution in [0.4, 0.5) is 5.69 Å². The van der Waals surface area contributed by atoms with Gasteiger partial charge in [0.25, 0.3) is 0 Å². The third-order valence-corrected chi connectivity index (χ3v) is 4.43. The maximum Gasteiger partial charge on any atom is 0.244 e. The van der Waals surface area contributed by atoms with Crippen molar-refractivity contribution >= 4 is 23.4 Å². The Bertz CT molecular complexity index is 444. The topological polar surface area (TPSA) is 20.3 Å². The molecule has 2 aliphatic rings. The molecule has 0 aliphatic carbocycles. The fourth-order valence-electron chi connectivity index (χ4n) is 2.77. The summed E-state index contributed by atoms with van der Waals surface area (Å²) >= 11 is 1.65. The Labute approximate surface area is 100 Å². The fourth-order valence-corrected chi connectivity index (χ4v) is 3.55. The third-order valence-electron chi connectivity index (χ3n) is 3.51. The molecule has 3 heteroatoms. The number of carbonyl (C=O) groups excluding carboxylic acids is 1. The van der Waals surface area contributed by atoms with Gasteiger partial charge in [0.2, 0.25) is 5.91 Å². The first kappa shape index (κ1) is 10.2. The van der Waals surface area contributed by atoms with Crippen molar-refractivity contribution in [3.05, 3.63) is 29.3 Å². The first-order valence-electron chi connectivity index (χ1n) is 5.79. The van der Waals surface area contributed by atoms with Crippen molar-refractivity contribution in [3.63, 3.8) is 0 Å². The van der Waals surface area contributed by atoms with Gasteiger partial charge in [-0.05, 0) is 36.6 Å². The molecule has 2 nitrogen and oxygen atoms in total. The zero-order chi connectivity index (χ0) is 11.1. The Morgan fingerprint density at radius 2 is 2.25 bits per heavy atom. The number of anilines is 1. The van der Waals surface area contributed by atoms with Crippen molar-refractivity contribution in [2.75, 3.05) is 17.7 Å². The zero-order valence-corrected chi connectivity index (χ0v) is 10.2. The van der Waals surface area contributed by atoms with E-state index in [0.29, 0.717) is 0 Å². The average Bonchev–Trinajstić information content (AvgIpc) is 2.48. The van der Waals surface area contributed by atoms with Crippen LogP contribution in [0.2, 0.25) is 0 Å². The second-order valence-electron chi connectivity index (χ2n) is 4.42. The van der Waals surface area contributed by atoms with Gasteiger partial charge in [0.15, 0.2) is 0 Å². The Kier molecular flexibility index (Phi) is 2.43. The van der Waals surface area contributed by atoms with Crippen LogP contribution < -0.4 is 4.90 Å². The van der Waals surface area contributed by atoms with E-state index in [1.807, 2.05) is 11.2 Å². The molecule has 0 saturated carbocycles. The van der Waals surface area contributed by atoms with E-state index in [1.54, 1.807) is 11.8 Å². The second-order valence-corrected chi connectivity index (χ2v) is 5.36.